The number of aromatic amines is 1. The zero-order chi connectivity index (χ0) is 15.5. The molecule has 1 aromatic heterocycles. The number of likely N-dealkylation sites (tertiary alicyclic amines) is 1. The van der Waals surface area contributed by atoms with Crippen LogP contribution in [0.25, 0.3) is 10.9 Å². The third kappa shape index (κ3) is 3.02. The number of rotatable bonds is 3. The van der Waals surface area contributed by atoms with E-state index >= 15 is 0 Å². The second-order valence-electron chi connectivity index (χ2n) is 5.81. The molecule has 0 saturated carbocycles. The first-order valence-electron chi connectivity index (χ1n) is 7.65. The number of fused-ring (bicyclic) bond motifs is 1. The molecule has 1 N–H and O–H groups in total. The number of nitrogens with zero attached hydrogens (tertiary/aromatic N) is 2. The Morgan fingerprint density at radius 2 is 2.00 bits per heavy atom. The van der Waals surface area contributed by atoms with E-state index in [-0.39, 0.29) is 11.1 Å². The molecular formula is C17H18FN3O. The number of piperidine rings is 1. The lowest BCUT2D eigenvalue weighted by molar-refractivity contribution is 0.231. The SMILES string of the molecule is N#Cc1cc(F)c2cc(CCN3CCCCC3)c(=O)[nH]c2c1. The average Bonchev–Trinajstić information content (AvgIpc) is 2.54. The monoisotopic (exact) mass is 299 g/mol. The van der Waals surface area contributed by atoms with Crippen molar-refractivity contribution in [3.63, 3.8) is 0 Å². The zero-order valence-electron chi connectivity index (χ0n) is 12.4. The van der Waals surface area contributed by atoms with Gasteiger partial charge in [0.15, 0.2) is 0 Å². The lowest BCUT2D eigenvalue weighted by Gasteiger charge is -2.26. The first-order chi connectivity index (χ1) is 10.7. The summed E-state index contributed by atoms with van der Waals surface area (Å²) in [6, 6.07) is 6.22. The van der Waals surface area contributed by atoms with Crippen LogP contribution in [-0.2, 0) is 6.42 Å². The lowest BCUT2D eigenvalue weighted by atomic mass is 10.1. The van der Waals surface area contributed by atoms with Gasteiger partial charge in [-0.15, -0.1) is 0 Å². The fourth-order valence-corrected chi connectivity index (χ4v) is 3.02. The number of hydrogen-bond acceptors (Lipinski definition) is 3. The minimum absolute atomic E-state index is 0.195. The van der Waals surface area contributed by atoms with E-state index < -0.39 is 5.82 Å². The van der Waals surface area contributed by atoms with Gasteiger partial charge in [-0.25, -0.2) is 4.39 Å². The predicted molar refractivity (Wildman–Crippen MR) is 83.2 cm³/mol. The van der Waals surface area contributed by atoms with Gasteiger partial charge in [0.2, 0.25) is 0 Å². The highest BCUT2D eigenvalue weighted by Gasteiger charge is 2.12. The number of aromatic nitrogens is 1. The molecule has 0 bridgehead atoms. The third-order valence-corrected chi connectivity index (χ3v) is 4.26. The third-order valence-electron chi connectivity index (χ3n) is 4.26. The Bertz CT molecular complexity index is 785. The van der Waals surface area contributed by atoms with Gasteiger partial charge in [0, 0.05) is 17.5 Å². The second kappa shape index (κ2) is 6.29. The van der Waals surface area contributed by atoms with Gasteiger partial charge in [0.1, 0.15) is 5.82 Å². The summed E-state index contributed by atoms with van der Waals surface area (Å²) in [5.41, 5.74) is 0.991. The Morgan fingerprint density at radius 1 is 1.23 bits per heavy atom. The Labute approximate surface area is 128 Å². The van der Waals surface area contributed by atoms with Crippen molar-refractivity contribution in [1.29, 1.82) is 5.26 Å². The fraction of sp³-hybridized carbons (Fsp3) is 0.412. The van der Waals surface area contributed by atoms with E-state index in [0.717, 1.165) is 19.6 Å². The minimum Gasteiger partial charge on any atom is -0.322 e. The highest BCUT2D eigenvalue weighted by molar-refractivity contribution is 5.81. The highest BCUT2D eigenvalue weighted by atomic mass is 19.1. The number of H-pyrrole nitrogens is 1. The summed E-state index contributed by atoms with van der Waals surface area (Å²) < 4.78 is 14.1. The molecule has 0 unspecified atom stereocenters. The van der Waals surface area contributed by atoms with Crippen molar-refractivity contribution in [2.45, 2.75) is 25.7 Å². The summed E-state index contributed by atoms with van der Waals surface area (Å²) in [5.74, 6) is -0.468. The molecule has 0 spiro atoms. The number of hydrogen-bond donors (Lipinski definition) is 1. The maximum atomic E-state index is 14.1. The van der Waals surface area contributed by atoms with E-state index in [1.807, 2.05) is 6.07 Å². The predicted octanol–water partition coefficient (Wildman–Crippen LogP) is 2.57. The second-order valence-corrected chi connectivity index (χ2v) is 5.81. The van der Waals surface area contributed by atoms with Crippen LogP contribution in [0.5, 0.6) is 0 Å². The van der Waals surface area contributed by atoms with Crippen LogP contribution < -0.4 is 5.56 Å². The van der Waals surface area contributed by atoms with Crippen LogP contribution in [0, 0.1) is 17.1 Å². The molecular weight excluding hydrogens is 281 g/mol. The van der Waals surface area contributed by atoms with E-state index in [1.165, 1.54) is 31.4 Å². The van der Waals surface area contributed by atoms with Crippen LogP contribution in [-0.4, -0.2) is 29.5 Å². The van der Waals surface area contributed by atoms with Crippen LogP contribution in [0.15, 0.2) is 23.0 Å². The standard InChI is InChI=1S/C17H18FN3O/c18-15-8-12(11-19)9-16-14(15)10-13(17(22)20-16)4-7-21-5-2-1-3-6-21/h8-10H,1-7H2,(H,20,22). The molecule has 1 fully saturated rings. The summed E-state index contributed by atoms with van der Waals surface area (Å²) in [5, 5.41) is 9.23. The molecule has 0 aliphatic carbocycles. The molecule has 1 saturated heterocycles. The van der Waals surface area contributed by atoms with Crippen molar-refractivity contribution >= 4 is 10.9 Å². The maximum absolute atomic E-state index is 14.1. The van der Waals surface area contributed by atoms with Crippen LogP contribution in [0.1, 0.15) is 30.4 Å². The fourth-order valence-electron chi connectivity index (χ4n) is 3.02. The largest absolute Gasteiger partial charge is 0.322 e. The first kappa shape index (κ1) is 14.7. The van der Waals surface area contributed by atoms with Crippen molar-refractivity contribution in [1.82, 2.24) is 9.88 Å². The topological polar surface area (TPSA) is 59.9 Å². The van der Waals surface area contributed by atoms with Gasteiger partial charge in [-0.1, -0.05) is 6.42 Å². The van der Waals surface area contributed by atoms with E-state index in [2.05, 4.69) is 9.88 Å². The minimum atomic E-state index is -0.468. The van der Waals surface area contributed by atoms with E-state index in [9.17, 15) is 9.18 Å². The number of benzene rings is 1. The molecule has 3 rings (SSSR count). The summed E-state index contributed by atoms with van der Waals surface area (Å²) in [6.07, 6.45) is 4.31. The van der Waals surface area contributed by atoms with Crippen molar-refractivity contribution in [3.8, 4) is 6.07 Å². The summed E-state index contributed by atoms with van der Waals surface area (Å²) >= 11 is 0. The Balaban J connectivity index is 1.87. The van der Waals surface area contributed by atoms with Gasteiger partial charge in [-0.3, -0.25) is 4.79 Å². The van der Waals surface area contributed by atoms with E-state index in [4.69, 9.17) is 5.26 Å². The van der Waals surface area contributed by atoms with Gasteiger partial charge in [0.05, 0.1) is 17.1 Å². The number of nitrogens with one attached hydrogen (secondary N) is 1. The molecule has 2 heterocycles. The Kier molecular flexibility index (Phi) is 4.21. The van der Waals surface area contributed by atoms with Gasteiger partial charge in [0.25, 0.3) is 5.56 Å². The molecule has 114 valence electrons. The molecule has 2 aromatic rings. The first-order valence-corrected chi connectivity index (χ1v) is 7.65. The highest BCUT2D eigenvalue weighted by Crippen LogP contribution is 2.18. The summed E-state index contributed by atoms with van der Waals surface area (Å²) in [4.78, 5) is 17.2. The van der Waals surface area contributed by atoms with Crippen LogP contribution >= 0.6 is 0 Å². The van der Waals surface area contributed by atoms with Crippen molar-refractivity contribution in [2.24, 2.45) is 0 Å². The van der Waals surface area contributed by atoms with E-state index in [1.54, 1.807) is 6.07 Å². The molecule has 0 amide bonds. The number of pyridine rings is 1. The van der Waals surface area contributed by atoms with Crippen LogP contribution in [0.2, 0.25) is 0 Å². The normalized spacial score (nSPS) is 15.8. The quantitative estimate of drug-likeness (QED) is 0.947. The molecule has 4 nitrogen and oxygen atoms in total. The summed E-state index contributed by atoms with van der Waals surface area (Å²) in [7, 11) is 0. The zero-order valence-corrected chi connectivity index (χ0v) is 12.4. The van der Waals surface area contributed by atoms with Crippen molar-refractivity contribution in [2.75, 3.05) is 19.6 Å². The van der Waals surface area contributed by atoms with Gasteiger partial charge in [-0.2, -0.15) is 5.26 Å². The molecule has 22 heavy (non-hydrogen) atoms. The van der Waals surface area contributed by atoms with Crippen molar-refractivity contribution < 1.29 is 4.39 Å². The van der Waals surface area contributed by atoms with Crippen LogP contribution in [0.3, 0.4) is 0 Å². The van der Waals surface area contributed by atoms with Crippen LogP contribution in [0.4, 0.5) is 4.39 Å². The molecule has 1 aromatic carbocycles. The smallest absolute Gasteiger partial charge is 0.251 e. The van der Waals surface area contributed by atoms with E-state index in [0.29, 0.717) is 22.9 Å². The number of halogens is 1. The van der Waals surface area contributed by atoms with Crippen molar-refractivity contribution in [3.05, 3.63) is 45.5 Å². The molecule has 5 heteroatoms. The van der Waals surface area contributed by atoms with Gasteiger partial charge < -0.3 is 9.88 Å². The van der Waals surface area contributed by atoms with Gasteiger partial charge >= 0.3 is 0 Å². The number of nitriles is 1. The summed E-state index contributed by atoms with van der Waals surface area (Å²) in [6.45, 7) is 2.98. The maximum Gasteiger partial charge on any atom is 0.251 e. The molecule has 1 aliphatic rings. The molecule has 1 aliphatic heterocycles. The Morgan fingerprint density at radius 3 is 2.73 bits per heavy atom. The van der Waals surface area contributed by atoms with Gasteiger partial charge in [-0.05, 0) is 50.6 Å². The Hall–Kier alpha value is -2.19. The molecule has 0 radical (unpaired) electrons. The average molecular weight is 299 g/mol. The lowest BCUT2D eigenvalue weighted by Crippen LogP contribution is -2.32. The molecule has 0 atom stereocenters.